The summed E-state index contributed by atoms with van der Waals surface area (Å²) < 4.78 is 34.3. The summed E-state index contributed by atoms with van der Waals surface area (Å²) in [4.78, 5) is 37.0. The molecule has 0 aromatic heterocycles. The molecule has 36 heavy (non-hydrogen) atoms. The minimum absolute atomic E-state index is 0.244. The maximum atomic E-state index is 12.3. The van der Waals surface area contributed by atoms with Crippen molar-refractivity contribution < 1.29 is 42.8 Å². The third-order valence-electron chi connectivity index (χ3n) is 5.68. The molecule has 1 saturated carbocycles. The van der Waals surface area contributed by atoms with Crippen molar-refractivity contribution in [3.05, 3.63) is 36.5 Å². The second-order valence-corrected chi connectivity index (χ2v) is 9.02. The van der Waals surface area contributed by atoms with Crippen molar-refractivity contribution in [1.82, 2.24) is 0 Å². The summed E-state index contributed by atoms with van der Waals surface area (Å²) in [7, 11) is 0. The molecule has 204 valence electrons. The van der Waals surface area contributed by atoms with Gasteiger partial charge in [0.05, 0.1) is 0 Å². The van der Waals surface area contributed by atoms with Gasteiger partial charge in [-0.1, -0.05) is 19.7 Å². The molecule has 0 amide bonds. The number of hydrogen-bond donors (Lipinski definition) is 0. The predicted molar refractivity (Wildman–Crippen MR) is 133 cm³/mol. The van der Waals surface area contributed by atoms with Gasteiger partial charge in [-0.05, 0) is 60.8 Å². The van der Waals surface area contributed by atoms with Crippen LogP contribution in [-0.4, -0.2) is 56.6 Å². The van der Waals surface area contributed by atoms with Crippen LogP contribution >= 0.6 is 0 Å². The predicted octanol–water partition coefficient (Wildman–Crippen LogP) is 4.46. The monoisotopic (exact) mass is 510 g/mol. The first-order chi connectivity index (χ1) is 16.9. The molecule has 9 nitrogen and oxygen atoms in total. The quantitative estimate of drug-likeness (QED) is 0.137. The van der Waals surface area contributed by atoms with Crippen LogP contribution in [0.15, 0.2) is 36.5 Å². The van der Waals surface area contributed by atoms with Crippen molar-refractivity contribution in [2.24, 2.45) is 17.8 Å². The summed E-state index contributed by atoms with van der Waals surface area (Å²) in [5.74, 6) is -2.69. The first-order valence-corrected chi connectivity index (χ1v) is 12.4. The molecule has 1 aliphatic rings. The molecule has 3 unspecified atom stereocenters. The highest BCUT2D eigenvalue weighted by atomic mass is 16.7. The molecule has 0 aliphatic heterocycles. The van der Waals surface area contributed by atoms with Gasteiger partial charge in [-0.2, -0.15) is 0 Å². The van der Waals surface area contributed by atoms with E-state index in [0.29, 0.717) is 39.1 Å². The van der Waals surface area contributed by atoms with Crippen LogP contribution in [-0.2, 0) is 42.8 Å². The smallest absolute Gasteiger partial charge is 0.335 e. The van der Waals surface area contributed by atoms with E-state index < -0.39 is 36.8 Å². The summed E-state index contributed by atoms with van der Waals surface area (Å²) in [6.07, 6.45) is -1.27. The Morgan fingerprint density at radius 1 is 0.583 bits per heavy atom. The van der Waals surface area contributed by atoms with Gasteiger partial charge in [0, 0.05) is 54.3 Å². The Balaban J connectivity index is 3.37. The van der Waals surface area contributed by atoms with E-state index in [1.807, 2.05) is 0 Å². The first-order valence-electron chi connectivity index (χ1n) is 12.4. The Bertz CT molecular complexity index is 692. The molecule has 0 saturated heterocycles. The Morgan fingerprint density at radius 2 is 0.806 bits per heavy atom. The fraction of sp³-hybridized carbons (Fsp3) is 0.667. The number of carbonyl (C=O) groups excluding carboxylic acids is 3. The topological polar surface area (TPSA) is 107 Å². The number of rotatable bonds is 15. The minimum atomic E-state index is -0.886. The van der Waals surface area contributed by atoms with Gasteiger partial charge >= 0.3 is 17.9 Å². The summed E-state index contributed by atoms with van der Waals surface area (Å²) in [6.45, 7) is 21.9. The Kier molecular flexibility index (Phi) is 13.7. The van der Waals surface area contributed by atoms with Gasteiger partial charge in [0.25, 0.3) is 0 Å². The molecule has 0 heterocycles. The Hall–Kier alpha value is -2.49. The molecule has 0 spiro atoms. The highest BCUT2D eigenvalue weighted by molar-refractivity contribution is 5.87. The number of carbonyl (C=O) groups is 3. The molecule has 1 aliphatic carbocycles. The van der Waals surface area contributed by atoms with Crippen LogP contribution in [0.3, 0.4) is 0 Å². The van der Waals surface area contributed by atoms with Crippen molar-refractivity contribution in [3.8, 4) is 0 Å². The number of esters is 3. The van der Waals surface area contributed by atoms with Gasteiger partial charge in [0.2, 0.25) is 18.9 Å². The largest absolute Gasteiger partial charge is 0.432 e. The van der Waals surface area contributed by atoms with Crippen molar-refractivity contribution in [3.63, 3.8) is 0 Å². The van der Waals surface area contributed by atoms with Crippen LogP contribution in [0.5, 0.6) is 0 Å². The number of ether oxygens (including phenoxy) is 6. The molecule has 0 bridgehead atoms. The van der Waals surface area contributed by atoms with E-state index in [-0.39, 0.29) is 34.5 Å². The van der Waals surface area contributed by atoms with Crippen molar-refractivity contribution in [2.45, 2.75) is 79.7 Å². The lowest BCUT2D eigenvalue weighted by molar-refractivity contribution is -0.227. The second-order valence-electron chi connectivity index (χ2n) is 9.02. The van der Waals surface area contributed by atoms with E-state index in [9.17, 15) is 14.4 Å². The zero-order chi connectivity index (χ0) is 27.4. The average Bonchev–Trinajstić information content (AvgIpc) is 2.82. The summed E-state index contributed by atoms with van der Waals surface area (Å²) in [5, 5.41) is 0. The fourth-order valence-corrected chi connectivity index (χ4v) is 4.03. The molecule has 0 aromatic carbocycles. The van der Waals surface area contributed by atoms with Gasteiger partial charge in [0.1, 0.15) is 0 Å². The molecule has 0 radical (unpaired) electrons. The average molecular weight is 511 g/mol. The zero-order valence-electron chi connectivity index (χ0n) is 22.5. The van der Waals surface area contributed by atoms with E-state index in [2.05, 4.69) is 19.7 Å². The number of hydrogen-bond acceptors (Lipinski definition) is 9. The summed E-state index contributed by atoms with van der Waals surface area (Å²) >= 11 is 0. The van der Waals surface area contributed by atoms with Crippen LogP contribution < -0.4 is 0 Å². The fourth-order valence-electron chi connectivity index (χ4n) is 4.03. The van der Waals surface area contributed by atoms with Crippen LogP contribution in [0.1, 0.15) is 60.8 Å². The summed E-state index contributed by atoms with van der Waals surface area (Å²) in [5.41, 5.74) is 0.733. The van der Waals surface area contributed by atoms with Crippen molar-refractivity contribution in [1.29, 1.82) is 0 Å². The molecule has 1 rings (SSSR count). The third kappa shape index (κ3) is 9.87. The third-order valence-corrected chi connectivity index (χ3v) is 5.68. The maximum absolute atomic E-state index is 12.3. The van der Waals surface area contributed by atoms with E-state index in [1.165, 1.54) is 0 Å². The normalized spacial score (nSPS) is 22.0. The van der Waals surface area contributed by atoms with E-state index in [1.54, 1.807) is 41.5 Å². The maximum Gasteiger partial charge on any atom is 0.335 e. The lowest BCUT2D eigenvalue weighted by atomic mass is 9.74. The van der Waals surface area contributed by atoms with E-state index >= 15 is 0 Å². The Labute approximate surface area is 214 Å². The standard InChI is InChI=1S/C27H42O9/c1-10-31-25(34-22(28)16(4)5)19-13-20(26(32-11-2)35-23(29)17(6)7)15-21(14-19)27(33-12-3)36-24(30)18(8)9/h19-21,25-27H,4,6,8,10-15H2,1-3,5,7,9H3. The van der Waals surface area contributed by atoms with Gasteiger partial charge < -0.3 is 28.4 Å². The van der Waals surface area contributed by atoms with Crippen LogP contribution in [0.25, 0.3) is 0 Å². The second kappa shape index (κ2) is 15.6. The molecule has 1 fully saturated rings. The molecular weight excluding hydrogens is 468 g/mol. The molecule has 9 heteroatoms. The SMILES string of the molecule is C=C(C)C(=O)OC(OCC)C1CC(C(OCC)OC(=O)C(=C)C)CC(C(OCC)OC(=O)C(=C)C)C1. The lowest BCUT2D eigenvalue weighted by Gasteiger charge is -2.42. The summed E-state index contributed by atoms with van der Waals surface area (Å²) in [6, 6.07) is 0. The van der Waals surface area contributed by atoms with Gasteiger partial charge in [-0.3, -0.25) is 0 Å². The van der Waals surface area contributed by atoms with Gasteiger partial charge in [-0.15, -0.1) is 0 Å². The highest BCUT2D eigenvalue weighted by Crippen LogP contribution is 2.42. The van der Waals surface area contributed by atoms with Gasteiger partial charge in [0.15, 0.2) is 0 Å². The first kappa shape index (κ1) is 31.5. The van der Waals surface area contributed by atoms with Crippen LogP contribution in [0.2, 0.25) is 0 Å². The molecule has 3 atom stereocenters. The molecule has 0 N–H and O–H groups in total. The Morgan fingerprint density at radius 3 is 0.972 bits per heavy atom. The van der Waals surface area contributed by atoms with Crippen LogP contribution in [0.4, 0.5) is 0 Å². The van der Waals surface area contributed by atoms with Crippen LogP contribution in [0, 0.1) is 17.8 Å². The molecule has 0 aromatic rings. The van der Waals surface area contributed by atoms with E-state index in [4.69, 9.17) is 28.4 Å². The van der Waals surface area contributed by atoms with Crippen molar-refractivity contribution >= 4 is 17.9 Å². The zero-order valence-corrected chi connectivity index (χ0v) is 22.5. The highest BCUT2D eigenvalue weighted by Gasteiger charge is 2.44. The lowest BCUT2D eigenvalue weighted by Crippen LogP contribution is -2.45. The van der Waals surface area contributed by atoms with E-state index in [0.717, 1.165) is 0 Å². The van der Waals surface area contributed by atoms with Crippen molar-refractivity contribution in [2.75, 3.05) is 19.8 Å². The molecular formula is C27H42O9. The van der Waals surface area contributed by atoms with Gasteiger partial charge in [-0.25, -0.2) is 14.4 Å². The minimum Gasteiger partial charge on any atom is -0.432 e.